The van der Waals surface area contributed by atoms with Crippen molar-refractivity contribution in [1.82, 2.24) is 24.8 Å². The third kappa shape index (κ3) is 7.72. The molecule has 40 heavy (non-hydrogen) atoms. The lowest BCUT2D eigenvalue weighted by Crippen LogP contribution is -2.10. The van der Waals surface area contributed by atoms with E-state index in [1.807, 2.05) is 43.3 Å². The predicted molar refractivity (Wildman–Crippen MR) is 153 cm³/mol. The number of carboxylic acids is 2. The molecule has 2 heterocycles. The molecule has 3 N–H and O–H groups in total. The van der Waals surface area contributed by atoms with Crippen molar-refractivity contribution < 1.29 is 19.8 Å². The molecular formula is C28H26Cl2N6O4. The summed E-state index contributed by atoms with van der Waals surface area (Å²) in [4.78, 5) is 39.4. The maximum atomic E-state index is 10.9. The Hall–Kier alpha value is -4.12. The van der Waals surface area contributed by atoms with Crippen molar-refractivity contribution in [2.75, 3.05) is 19.4 Å². The van der Waals surface area contributed by atoms with Gasteiger partial charge in [-0.25, -0.2) is 29.5 Å². The van der Waals surface area contributed by atoms with Crippen molar-refractivity contribution in [2.24, 2.45) is 0 Å². The number of hydrogen-bond donors (Lipinski definition) is 3. The molecule has 12 heteroatoms. The normalized spacial score (nSPS) is 12.4. The molecule has 0 amide bonds. The number of carboxylic acid groups (broad SMARTS) is 2. The summed E-state index contributed by atoms with van der Waals surface area (Å²) in [6, 6.07) is 14.5. The van der Waals surface area contributed by atoms with Crippen LogP contribution in [0.25, 0.3) is 22.5 Å². The fourth-order valence-corrected chi connectivity index (χ4v) is 4.15. The molecule has 1 aliphatic rings. The lowest BCUT2D eigenvalue weighted by Gasteiger charge is -2.12. The topological polar surface area (TPSA) is 141 Å². The summed E-state index contributed by atoms with van der Waals surface area (Å²) in [5, 5.41) is 22.4. The van der Waals surface area contributed by atoms with Crippen molar-refractivity contribution in [1.29, 1.82) is 0 Å². The molecule has 4 aromatic rings. The van der Waals surface area contributed by atoms with Crippen LogP contribution in [0.15, 0.2) is 61.2 Å². The molecule has 0 unspecified atom stereocenters. The maximum absolute atomic E-state index is 10.9. The van der Waals surface area contributed by atoms with Crippen molar-refractivity contribution in [3.8, 4) is 22.5 Å². The first-order valence-corrected chi connectivity index (χ1v) is 13.0. The van der Waals surface area contributed by atoms with E-state index in [0.29, 0.717) is 27.5 Å². The van der Waals surface area contributed by atoms with Crippen LogP contribution in [0.5, 0.6) is 0 Å². The highest BCUT2D eigenvalue weighted by Gasteiger charge is 2.21. The molecule has 206 valence electrons. The Labute approximate surface area is 240 Å². The number of aromatic nitrogens is 4. The highest BCUT2D eigenvalue weighted by atomic mass is 35.5. The monoisotopic (exact) mass is 580 g/mol. The van der Waals surface area contributed by atoms with E-state index < -0.39 is 11.9 Å². The predicted octanol–water partition coefficient (Wildman–Crippen LogP) is 5.63. The second-order valence-corrected chi connectivity index (χ2v) is 10.2. The van der Waals surface area contributed by atoms with Crippen molar-refractivity contribution >= 4 is 40.8 Å². The van der Waals surface area contributed by atoms with Crippen LogP contribution in [0.4, 0.5) is 5.69 Å². The van der Waals surface area contributed by atoms with Gasteiger partial charge in [-0.3, -0.25) is 0 Å². The van der Waals surface area contributed by atoms with Gasteiger partial charge in [0.05, 0.1) is 22.1 Å². The molecule has 2 aromatic carbocycles. The molecule has 0 aliphatic heterocycles. The number of hydrogen-bond acceptors (Lipinski definition) is 8. The SMILES string of the molecule is CN(C)Cc1ccc(-c2cc(C(=O)O)ncn2)cc1Cl.O=C(O)c1cc(-c2ccc(NC3CC3)c(Cl)c2)ncn1. The summed E-state index contributed by atoms with van der Waals surface area (Å²) in [5.41, 5.74) is 4.43. The number of aromatic carboxylic acids is 2. The minimum atomic E-state index is -1.08. The number of carbonyl (C=O) groups is 2. The van der Waals surface area contributed by atoms with Gasteiger partial charge in [0.15, 0.2) is 11.4 Å². The van der Waals surface area contributed by atoms with Crippen LogP contribution in [-0.4, -0.2) is 67.1 Å². The second-order valence-electron chi connectivity index (χ2n) is 9.34. The molecule has 1 saturated carbocycles. The van der Waals surface area contributed by atoms with E-state index >= 15 is 0 Å². The van der Waals surface area contributed by atoms with Crippen LogP contribution in [-0.2, 0) is 6.54 Å². The van der Waals surface area contributed by atoms with Gasteiger partial charge in [0, 0.05) is 28.7 Å². The molecule has 10 nitrogen and oxygen atoms in total. The van der Waals surface area contributed by atoms with Gasteiger partial charge in [0.1, 0.15) is 12.7 Å². The van der Waals surface area contributed by atoms with Gasteiger partial charge in [0.2, 0.25) is 0 Å². The molecule has 0 saturated heterocycles. The maximum Gasteiger partial charge on any atom is 0.354 e. The molecule has 1 fully saturated rings. The van der Waals surface area contributed by atoms with E-state index in [1.54, 1.807) is 12.1 Å². The van der Waals surface area contributed by atoms with E-state index in [4.69, 9.17) is 33.4 Å². The van der Waals surface area contributed by atoms with E-state index in [0.717, 1.165) is 28.9 Å². The number of rotatable bonds is 8. The number of halogens is 2. The highest BCUT2D eigenvalue weighted by molar-refractivity contribution is 6.33. The molecule has 0 spiro atoms. The van der Waals surface area contributed by atoms with Crippen molar-refractivity contribution in [3.05, 3.63) is 88.2 Å². The number of nitrogens with one attached hydrogen (secondary N) is 1. The summed E-state index contributed by atoms with van der Waals surface area (Å²) < 4.78 is 0. The smallest absolute Gasteiger partial charge is 0.354 e. The Kier molecular flexibility index (Phi) is 9.26. The van der Waals surface area contributed by atoms with Gasteiger partial charge >= 0.3 is 11.9 Å². The fourth-order valence-electron chi connectivity index (χ4n) is 3.68. The van der Waals surface area contributed by atoms with Gasteiger partial charge in [-0.2, -0.15) is 0 Å². The fraction of sp³-hybridized carbons (Fsp3) is 0.214. The van der Waals surface area contributed by atoms with Crippen molar-refractivity contribution in [2.45, 2.75) is 25.4 Å². The molecular weight excluding hydrogens is 555 g/mol. The lowest BCUT2D eigenvalue weighted by atomic mass is 10.1. The highest BCUT2D eigenvalue weighted by Crippen LogP contribution is 2.32. The molecule has 1 aliphatic carbocycles. The van der Waals surface area contributed by atoms with Gasteiger partial charge in [-0.05, 0) is 62.8 Å². The zero-order valence-corrected chi connectivity index (χ0v) is 23.2. The van der Waals surface area contributed by atoms with Gasteiger partial charge in [0.25, 0.3) is 0 Å². The van der Waals surface area contributed by atoms with E-state index in [-0.39, 0.29) is 11.4 Å². The first kappa shape index (κ1) is 28.9. The molecule has 0 radical (unpaired) electrons. The Morgan fingerprint density at radius 1 is 0.825 bits per heavy atom. The summed E-state index contributed by atoms with van der Waals surface area (Å²) in [7, 11) is 3.93. The van der Waals surface area contributed by atoms with E-state index in [9.17, 15) is 9.59 Å². The van der Waals surface area contributed by atoms with Gasteiger partial charge in [-0.1, -0.05) is 41.4 Å². The first-order chi connectivity index (χ1) is 19.1. The minimum absolute atomic E-state index is 0.0358. The average molecular weight is 581 g/mol. The summed E-state index contributed by atoms with van der Waals surface area (Å²) in [6.07, 6.45) is 4.82. The molecule has 0 bridgehead atoms. The zero-order chi connectivity index (χ0) is 28.8. The third-order valence-electron chi connectivity index (χ3n) is 5.81. The van der Waals surface area contributed by atoms with Crippen LogP contribution in [0.1, 0.15) is 39.4 Å². The minimum Gasteiger partial charge on any atom is -0.477 e. The van der Waals surface area contributed by atoms with Crippen LogP contribution < -0.4 is 5.32 Å². The Morgan fingerprint density at radius 2 is 1.35 bits per heavy atom. The number of anilines is 1. The van der Waals surface area contributed by atoms with Crippen LogP contribution in [0.2, 0.25) is 10.0 Å². The first-order valence-electron chi connectivity index (χ1n) is 12.2. The standard InChI is InChI=1S/C14H12ClN3O2.C14H14ClN3O2/c15-10-5-8(1-4-11(10)18-9-2-3-9)12-6-13(14(19)20)17-7-16-12;1-18(2)7-10-4-3-9(5-11(10)15)12-6-13(14(19)20)17-8-16-12/h1,4-7,9,18H,2-3H2,(H,19,20);3-6,8H,7H2,1-2H3,(H,19,20). The molecule has 0 atom stereocenters. The van der Waals surface area contributed by atoms with Gasteiger partial charge in [-0.15, -0.1) is 0 Å². The van der Waals surface area contributed by atoms with E-state index in [1.165, 1.54) is 37.6 Å². The van der Waals surface area contributed by atoms with Crippen molar-refractivity contribution in [3.63, 3.8) is 0 Å². The largest absolute Gasteiger partial charge is 0.477 e. The van der Waals surface area contributed by atoms with Crippen LogP contribution in [0.3, 0.4) is 0 Å². The Balaban J connectivity index is 0.000000185. The summed E-state index contributed by atoms with van der Waals surface area (Å²) in [5.74, 6) is -2.16. The van der Waals surface area contributed by atoms with Crippen LogP contribution in [0, 0.1) is 0 Å². The Bertz CT molecular complexity index is 1440. The summed E-state index contributed by atoms with van der Waals surface area (Å²) in [6.45, 7) is 0.739. The Morgan fingerprint density at radius 3 is 1.80 bits per heavy atom. The quantitative estimate of drug-likeness (QED) is 0.240. The van der Waals surface area contributed by atoms with Gasteiger partial charge < -0.3 is 20.4 Å². The molecule has 5 rings (SSSR count). The third-order valence-corrected chi connectivity index (χ3v) is 6.47. The number of nitrogens with zero attached hydrogens (tertiary/aromatic N) is 5. The zero-order valence-electron chi connectivity index (χ0n) is 21.7. The van der Waals surface area contributed by atoms with E-state index in [2.05, 4.69) is 25.3 Å². The van der Waals surface area contributed by atoms with Crippen LogP contribution >= 0.6 is 23.2 Å². The molecule has 2 aromatic heterocycles. The summed E-state index contributed by atoms with van der Waals surface area (Å²) >= 11 is 12.5. The average Bonchev–Trinajstić information content (AvgIpc) is 3.75. The second kappa shape index (κ2) is 12.8. The number of benzene rings is 2. The lowest BCUT2D eigenvalue weighted by molar-refractivity contribution is 0.0679.